The van der Waals surface area contributed by atoms with Crippen LogP contribution in [-0.2, 0) is 0 Å². The molecular weight excluding hydrogens is 649 g/mol. The summed E-state index contributed by atoms with van der Waals surface area (Å²) < 4.78 is 0. The zero-order chi connectivity index (χ0) is 34.8. The van der Waals surface area contributed by atoms with Crippen molar-refractivity contribution >= 4 is 11.6 Å². The van der Waals surface area contributed by atoms with Gasteiger partial charge in [-0.15, -0.1) is 0 Å². The number of ketones is 2. The first-order valence-corrected chi connectivity index (χ1v) is 21.5. The van der Waals surface area contributed by atoms with Gasteiger partial charge in [-0.1, -0.05) is 75.6 Å². The third-order valence-corrected chi connectivity index (χ3v) is 15.6. The minimum Gasteiger partial charge on any atom is -0.289 e. The van der Waals surface area contributed by atoms with Crippen LogP contribution in [0.3, 0.4) is 0 Å². The molecule has 0 amide bonds. The fourth-order valence-corrected chi connectivity index (χ4v) is 13.2. The van der Waals surface area contributed by atoms with Gasteiger partial charge < -0.3 is 0 Å². The van der Waals surface area contributed by atoms with Gasteiger partial charge >= 0.3 is 0 Å². The van der Waals surface area contributed by atoms with Crippen molar-refractivity contribution in [1.82, 2.24) is 42.5 Å². The Hall–Kier alpha value is -2.02. The minimum absolute atomic E-state index is 0.0924. The molecule has 5 heterocycles. The number of fused-ring (bicyclic) bond motifs is 21. The first-order chi connectivity index (χ1) is 25.6. The highest BCUT2D eigenvalue weighted by Gasteiger charge is 2.54. The summed E-state index contributed by atoms with van der Waals surface area (Å²) >= 11 is 0. The zero-order valence-electron chi connectivity index (χ0n) is 30.8. The molecule has 8 bridgehead atoms. The van der Waals surface area contributed by atoms with Gasteiger partial charge in [0.2, 0.25) is 0 Å². The molecule has 1 aromatic carbocycles. The Balaban J connectivity index is 0.000000240. The highest BCUT2D eigenvalue weighted by Crippen LogP contribution is 2.45. The van der Waals surface area contributed by atoms with Crippen LogP contribution in [0.15, 0.2) is 36.4 Å². The van der Waals surface area contributed by atoms with Gasteiger partial charge in [-0.05, 0) is 111 Å². The summed E-state index contributed by atoms with van der Waals surface area (Å²) in [5.74, 6) is 5.79. The quantitative estimate of drug-likeness (QED) is 0.198. The van der Waals surface area contributed by atoms with E-state index in [-0.39, 0.29) is 11.6 Å². The van der Waals surface area contributed by atoms with Gasteiger partial charge in [0.15, 0.2) is 11.6 Å². The molecule has 5 saturated heterocycles. The maximum atomic E-state index is 11.2. The van der Waals surface area contributed by atoms with E-state index in [1.165, 1.54) is 115 Å². The zero-order valence-corrected chi connectivity index (χ0v) is 30.8. The second-order valence-electron chi connectivity index (χ2n) is 18.2. The van der Waals surface area contributed by atoms with E-state index >= 15 is 0 Å². The van der Waals surface area contributed by atoms with Gasteiger partial charge in [0.25, 0.3) is 0 Å². The summed E-state index contributed by atoms with van der Waals surface area (Å²) in [7, 11) is 0. The van der Waals surface area contributed by atoms with E-state index in [0.717, 1.165) is 47.3 Å². The van der Waals surface area contributed by atoms with Crippen LogP contribution < -0.4 is 42.5 Å². The van der Waals surface area contributed by atoms with E-state index in [1.54, 1.807) is 24.3 Å². The molecule has 10 aliphatic rings. The molecule has 10 heteroatoms. The summed E-state index contributed by atoms with van der Waals surface area (Å²) in [4.78, 5) is 22.4. The molecule has 10 nitrogen and oxygen atoms in total. The maximum Gasteiger partial charge on any atom is 0.186 e. The SMILES string of the molecule is C1CCC2C3NC(NC4NC(NC5NC(NC6NC(N3)C3CCCCC63)C3CCCCC53)C3CCCCC43)C2C1.O=C1C=CC(=O)c2ccccc21. The van der Waals surface area contributed by atoms with Crippen LogP contribution in [-0.4, -0.2) is 60.9 Å². The Kier molecular flexibility index (Phi) is 9.66. The average Bonchev–Trinajstić information content (AvgIpc) is 3.93. The predicted octanol–water partition coefficient (Wildman–Crippen LogP) is 4.23. The number of hydrogen-bond acceptors (Lipinski definition) is 10. The Morgan fingerprint density at radius 3 is 0.712 bits per heavy atom. The van der Waals surface area contributed by atoms with Crippen molar-refractivity contribution < 1.29 is 9.59 Å². The minimum atomic E-state index is -0.0924. The lowest BCUT2D eigenvalue weighted by molar-refractivity contribution is 0.0994. The highest BCUT2D eigenvalue weighted by atomic mass is 16.1. The fourth-order valence-electron chi connectivity index (χ4n) is 13.2. The van der Waals surface area contributed by atoms with Crippen molar-refractivity contribution in [2.24, 2.45) is 47.3 Å². The largest absolute Gasteiger partial charge is 0.289 e. The Morgan fingerprint density at radius 1 is 0.327 bits per heavy atom. The number of nitrogens with one attached hydrogen (secondary N) is 8. The van der Waals surface area contributed by atoms with Crippen LogP contribution in [0.2, 0.25) is 0 Å². The van der Waals surface area contributed by atoms with Crippen molar-refractivity contribution in [3.63, 3.8) is 0 Å². The van der Waals surface area contributed by atoms with E-state index in [4.69, 9.17) is 0 Å². The van der Waals surface area contributed by atoms with Crippen molar-refractivity contribution in [3.05, 3.63) is 47.5 Å². The van der Waals surface area contributed by atoms with Crippen molar-refractivity contribution in [2.45, 2.75) is 152 Å². The molecule has 5 aliphatic heterocycles. The number of carbonyl (C=O) groups excluding carboxylic acids is 2. The second-order valence-corrected chi connectivity index (χ2v) is 18.2. The molecule has 8 unspecified atom stereocenters. The Labute approximate surface area is 310 Å². The van der Waals surface area contributed by atoms with Crippen LogP contribution in [0, 0.1) is 47.3 Å². The standard InChI is InChI=1S/C32H56N8.C10H6O2/c1-2-10-18-17(9-1)25-33-26(18)38-28-21-13-5-6-14-22(21)30(35-28)40-32-24-16-8-7-15-23(24)31(36-32)39-29-20-12-4-3-11-19(20)27(34-29)37-25;11-9-5-6-10(12)8-4-2-1-3-7(8)9/h17-40H,1-16H2;1-6H. The van der Waals surface area contributed by atoms with E-state index in [1.807, 2.05) is 0 Å². The van der Waals surface area contributed by atoms with Gasteiger partial charge in [0, 0.05) is 11.1 Å². The molecule has 282 valence electrons. The van der Waals surface area contributed by atoms with E-state index in [9.17, 15) is 9.59 Å². The summed E-state index contributed by atoms with van der Waals surface area (Å²) in [6, 6.07) is 6.84. The molecular formula is C42H62N8O2. The number of hydrogen-bond donors (Lipinski definition) is 8. The Bertz CT molecular complexity index is 1280. The van der Waals surface area contributed by atoms with Gasteiger partial charge in [-0.3, -0.25) is 52.1 Å². The number of benzene rings is 1. The van der Waals surface area contributed by atoms with Gasteiger partial charge in [0.1, 0.15) is 0 Å². The number of allylic oxidation sites excluding steroid dienone is 2. The topological polar surface area (TPSA) is 130 Å². The second kappa shape index (κ2) is 14.6. The van der Waals surface area contributed by atoms with Crippen LogP contribution >= 0.6 is 0 Å². The Morgan fingerprint density at radius 2 is 0.519 bits per heavy atom. The average molecular weight is 711 g/mol. The summed E-state index contributed by atoms with van der Waals surface area (Å²) in [5.41, 5.74) is 1.01. The monoisotopic (exact) mass is 710 g/mol. The van der Waals surface area contributed by atoms with E-state index in [2.05, 4.69) is 42.5 Å². The first-order valence-electron chi connectivity index (χ1n) is 21.5. The molecule has 0 aromatic heterocycles. The summed E-state index contributed by atoms with van der Waals surface area (Å²) in [6.45, 7) is 0. The number of carbonyl (C=O) groups is 2. The van der Waals surface area contributed by atoms with Crippen LogP contribution in [0.1, 0.15) is 123 Å². The summed E-state index contributed by atoms with van der Waals surface area (Å²) in [6.07, 6.45) is 28.2. The van der Waals surface area contributed by atoms with Crippen molar-refractivity contribution in [2.75, 3.05) is 0 Å². The summed E-state index contributed by atoms with van der Waals surface area (Å²) in [5, 5.41) is 33.8. The van der Waals surface area contributed by atoms with Crippen LogP contribution in [0.5, 0.6) is 0 Å². The molecule has 52 heavy (non-hydrogen) atoms. The lowest BCUT2D eigenvalue weighted by Gasteiger charge is -2.35. The molecule has 11 rings (SSSR count). The first kappa shape index (κ1) is 34.5. The van der Waals surface area contributed by atoms with Crippen molar-refractivity contribution in [3.8, 4) is 0 Å². The van der Waals surface area contributed by atoms with E-state index in [0.29, 0.717) is 60.5 Å². The van der Waals surface area contributed by atoms with Gasteiger partial charge in [-0.25, -0.2) is 0 Å². The lowest BCUT2D eigenvalue weighted by Crippen LogP contribution is -2.61. The predicted molar refractivity (Wildman–Crippen MR) is 201 cm³/mol. The van der Waals surface area contributed by atoms with Crippen LogP contribution in [0.25, 0.3) is 0 Å². The molecule has 8 atom stereocenters. The normalized spacial score (nSPS) is 47.7. The number of rotatable bonds is 0. The van der Waals surface area contributed by atoms with E-state index < -0.39 is 0 Å². The smallest absolute Gasteiger partial charge is 0.186 e. The van der Waals surface area contributed by atoms with Crippen molar-refractivity contribution in [1.29, 1.82) is 0 Å². The molecule has 1 aromatic rings. The molecule has 0 spiro atoms. The fraction of sp³-hybridized carbons (Fsp3) is 0.762. The molecule has 8 N–H and O–H groups in total. The maximum absolute atomic E-state index is 11.2. The molecule has 5 aliphatic carbocycles. The third kappa shape index (κ3) is 6.27. The van der Waals surface area contributed by atoms with Gasteiger partial charge in [0.05, 0.1) is 49.3 Å². The van der Waals surface area contributed by atoms with Crippen LogP contribution in [0.4, 0.5) is 0 Å². The van der Waals surface area contributed by atoms with Gasteiger partial charge in [-0.2, -0.15) is 0 Å². The highest BCUT2D eigenvalue weighted by molar-refractivity contribution is 6.21. The molecule has 9 fully saturated rings. The molecule has 4 saturated carbocycles. The third-order valence-electron chi connectivity index (χ3n) is 15.6. The lowest BCUT2D eigenvalue weighted by atomic mass is 9.76. The molecule has 0 radical (unpaired) electrons.